The van der Waals surface area contributed by atoms with Gasteiger partial charge < -0.3 is 14.2 Å². The first-order chi connectivity index (χ1) is 13.5. The maximum atomic E-state index is 12.5. The fraction of sp³-hybridized carbons (Fsp3) is 0.227. The minimum absolute atomic E-state index is 0.0194. The second-order valence-corrected chi connectivity index (χ2v) is 8.77. The molecule has 0 radical (unpaired) electrons. The summed E-state index contributed by atoms with van der Waals surface area (Å²) in [4.78, 5) is 12.2. The molecule has 0 amide bonds. The number of halogens is 1. The normalized spacial score (nSPS) is 14.6. The standard InChI is InChI=1S/C22H20ClNO3S/c1-28(27)19-7-3-6-18-17-5-2-4-15(12-20(25)26)21(17)24(22(18)19)13-14-8-10-16(23)11-9-14/h3-4,6-11H,2,5,12-13H2,1H3,(H,25,26)/t28-/m0/s1. The highest BCUT2D eigenvalue weighted by atomic mass is 35.5. The Balaban J connectivity index is 1.98. The molecule has 0 saturated carbocycles. The van der Waals surface area contributed by atoms with Gasteiger partial charge in [0, 0.05) is 22.6 Å². The molecule has 0 spiro atoms. The van der Waals surface area contributed by atoms with Crippen molar-refractivity contribution in [2.45, 2.75) is 30.7 Å². The number of allylic oxidation sites excluding steroid dienone is 1. The fourth-order valence-electron chi connectivity index (χ4n) is 4.04. The predicted molar refractivity (Wildman–Crippen MR) is 113 cm³/mol. The van der Waals surface area contributed by atoms with E-state index in [-0.39, 0.29) is 6.42 Å². The van der Waals surface area contributed by atoms with Crippen LogP contribution in [0.1, 0.15) is 29.7 Å². The second kappa shape index (κ2) is 7.66. The lowest BCUT2D eigenvalue weighted by molar-refractivity contribution is -0.135. The highest BCUT2D eigenvalue weighted by Gasteiger charge is 2.27. The molecule has 3 aromatic rings. The van der Waals surface area contributed by atoms with Crippen molar-refractivity contribution in [2.75, 3.05) is 6.26 Å². The molecule has 0 fully saturated rings. The number of benzene rings is 2. The molecule has 0 bridgehead atoms. The number of carboxylic acid groups (broad SMARTS) is 1. The number of nitrogens with zero attached hydrogens (tertiary/aromatic N) is 1. The number of carbonyl (C=O) groups is 1. The summed E-state index contributed by atoms with van der Waals surface area (Å²) in [6.45, 7) is 0.564. The van der Waals surface area contributed by atoms with Crippen LogP contribution in [0.4, 0.5) is 0 Å². The Morgan fingerprint density at radius 2 is 2.00 bits per heavy atom. The minimum Gasteiger partial charge on any atom is -0.612 e. The Labute approximate surface area is 171 Å². The number of aliphatic carboxylic acids is 1. The fourth-order valence-corrected chi connectivity index (χ4v) is 4.92. The van der Waals surface area contributed by atoms with Crippen LogP contribution in [0, 0.1) is 0 Å². The highest BCUT2D eigenvalue weighted by Crippen LogP contribution is 2.39. The number of aromatic nitrogens is 1. The molecule has 1 N–H and O–H groups in total. The van der Waals surface area contributed by atoms with Gasteiger partial charge in [-0.2, -0.15) is 0 Å². The second-order valence-electron chi connectivity index (χ2n) is 6.98. The number of carboxylic acids is 1. The molecule has 0 aliphatic heterocycles. The number of hydrogen-bond acceptors (Lipinski definition) is 2. The summed E-state index contributed by atoms with van der Waals surface area (Å²) >= 11 is 4.88. The van der Waals surface area contributed by atoms with Crippen molar-refractivity contribution in [1.29, 1.82) is 0 Å². The third-order valence-corrected chi connectivity index (χ3v) is 6.35. The molecule has 4 nitrogen and oxygen atoms in total. The zero-order valence-corrected chi connectivity index (χ0v) is 17.0. The first-order valence-electron chi connectivity index (χ1n) is 9.09. The number of rotatable bonds is 5. The van der Waals surface area contributed by atoms with Gasteiger partial charge >= 0.3 is 5.97 Å². The van der Waals surface area contributed by atoms with E-state index in [4.69, 9.17) is 11.6 Å². The van der Waals surface area contributed by atoms with Crippen molar-refractivity contribution in [3.8, 4) is 0 Å². The molecule has 1 aliphatic carbocycles. The Hall–Kier alpha value is -2.21. The Bertz CT molecular complexity index is 1080. The summed E-state index contributed by atoms with van der Waals surface area (Å²) < 4.78 is 14.6. The van der Waals surface area contributed by atoms with Gasteiger partial charge in [-0.1, -0.05) is 41.9 Å². The van der Waals surface area contributed by atoms with Gasteiger partial charge in [-0.15, -0.1) is 0 Å². The topological polar surface area (TPSA) is 65.3 Å². The molecular weight excluding hydrogens is 394 g/mol. The van der Waals surface area contributed by atoms with Crippen LogP contribution in [0.25, 0.3) is 16.5 Å². The Kier molecular flexibility index (Phi) is 5.23. The van der Waals surface area contributed by atoms with Crippen LogP contribution in [0.3, 0.4) is 0 Å². The molecule has 28 heavy (non-hydrogen) atoms. The lowest BCUT2D eigenvalue weighted by Gasteiger charge is -2.18. The number of para-hydroxylation sites is 1. The Morgan fingerprint density at radius 3 is 2.68 bits per heavy atom. The summed E-state index contributed by atoms with van der Waals surface area (Å²) in [5.74, 6) is -0.846. The van der Waals surface area contributed by atoms with Gasteiger partial charge in [0.1, 0.15) is 11.8 Å². The zero-order chi connectivity index (χ0) is 19.8. The SMILES string of the molecule is C[S@+]([O-])c1cccc2c3c(n(Cc4ccc(Cl)cc4)c12)C(CC(=O)O)=CCC3. The van der Waals surface area contributed by atoms with E-state index in [1.807, 2.05) is 48.5 Å². The summed E-state index contributed by atoms with van der Waals surface area (Å²) in [5.41, 5.74) is 4.92. The first kappa shape index (κ1) is 19.1. The van der Waals surface area contributed by atoms with E-state index in [1.165, 1.54) is 0 Å². The van der Waals surface area contributed by atoms with Crippen LogP contribution in [-0.4, -0.2) is 26.5 Å². The maximum Gasteiger partial charge on any atom is 0.307 e. The third-order valence-electron chi connectivity index (χ3n) is 5.14. The smallest absolute Gasteiger partial charge is 0.307 e. The third kappa shape index (κ3) is 3.46. The molecule has 4 rings (SSSR count). The summed E-state index contributed by atoms with van der Waals surface area (Å²) in [6.07, 6.45) is 5.35. The van der Waals surface area contributed by atoms with E-state index in [9.17, 15) is 14.5 Å². The average molecular weight is 414 g/mol. The van der Waals surface area contributed by atoms with Gasteiger partial charge in [0.2, 0.25) is 0 Å². The van der Waals surface area contributed by atoms with E-state index in [2.05, 4.69) is 4.57 Å². The van der Waals surface area contributed by atoms with Crippen LogP contribution in [-0.2, 0) is 28.9 Å². The largest absolute Gasteiger partial charge is 0.612 e. The van der Waals surface area contributed by atoms with Crippen LogP contribution >= 0.6 is 11.6 Å². The van der Waals surface area contributed by atoms with Crippen molar-refractivity contribution in [3.63, 3.8) is 0 Å². The lowest BCUT2D eigenvalue weighted by Crippen LogP contribution is -2.11. The molecular formula is C22H20ClNO3S. The van der Waals surface area contributed by atoms with E-state index < -0.39 is 17.1 Å². The molecule has 2 aromatic carbocycles. The van der Waals surface area contributed by atoms with Crippen molar-refractivity contribution in [1.82, 2.24) is 4.57 Å². The number of fused-ring (bicyclic) bond motifs is 3. The van der Waals surface area contributed by atoms with Gasteiger partial charge in [0.15, 0.2) is 4.90 Å². The summed E-state index contributed by atoms with van der Waals surface area (Å²) in [5, 5.41) is 11.1. The van der Waals surface area contributed by atoms with E-state index in [1.54, 1.807) is 6.26 Å². The van der Waals surface area contributed by atoms with Crippen molar-refractivity contribution >= 4 is 45.2 Å². The van der Waals surface area contributed by atoms with E-state index in [0.29, 0.717) is 11.6 Å². The van der Waals surface area contributed by atoms with Crippen molar-refractivity contribution < 1.29 is 14.5 Å². The van der Waals surface area contributed by atoms with Gasteiger partial charge in [0.05, 0.1) is 6.42 Å². The number of hydrogen-bond donors (Lipinski definition) is 1. The average Bonchev–Trinajstić information content (AvgIpc) is 2.98. The first-order valence-corrected chi connectivity index (χ1v) is 11.0. The monoisotopic (exact) mass is 413 g/mol. The minimum atomic E-state index is -1.15. The lowest BCUT2D eigenvalue weighted by atomic mass is 9.93. The van der Waals surface area contributed by atoms with Crippen LogP contribution < -0.4 is 0 Å². The van der Waals surface area contributed by atoms with Crippen LogP contribution in [0.15, 0.2) is 53.4 Å². The molecule has 0 unspecified atom stereocenters. The molecule has 6 heteroatoms. The van der Waals surface area contributed by atoms with Crippen molar-refractivity contribution in [3.05, 3.63) is 70.4 Å². The summed E-state index contributed by atoms with van der Waals surface area (Å²) in [6, 6.07) is 13.5. The van der Waals surface area contributed by atoms with Gasteiger partial charge in [0.25, 0.3) is 0 Å². The Morgan fingerprint density at radius 1 is 1.25 bits per heavy atom. The summed E-state index contributed by atoms with van der Waals surface area (Å²) in [7, 11) is 0. The number of aryl methyl sites for hydroxylation is 1. The molecule has 1 atom stereocenters. The highest BCUT2D eigenvalue weighted by molar-refractivity contribution is 7.91. The predicted octanol–water partition coefficient (Wildman–Crippen LogP) is 4.88. The van der Waals surface area contributed by atoms with Gasteiger partial charge in [-0.05, 0) is 58.9 Å². The maximum absolute atomic E-state index is 12.5. The van der Waals surface area contributed by atoms with Crippen LogP contribution in [0.5, 0.6) is 0 Å². The molecule has 0 saturated heterocycles. The van der Waals surface area contributed by atoms with Gasteiger partial charge in [-0.25, -0.2) is 0 Å². The molecule has 1 heterocycles. The van der Waals surface area contributed by atoms with Gasteiger partial charge in [-0.3, -0.25) is 4.79 Å². The van der Waals surface area contributed by atoms with Crippen molar-refractivity contribution in [2.24, 2.45) is 0 Å². The van der Waals surface area contributed by atoms with E-state index in [0.717, 1.165) is 51.0 Å². The van der Waals surface area contributed by atoms with E-state index >= 15 is 0 Å². The molecule has 144 valence electrons. The van der Waals surface area contributed by atoms with Crippen LogP contribution in [0.2, 0.25) is 5.02 Å². The molecule has 1 aromatic heterocycles. The quantitative estimate of drug-likeness (QED) is 0.606. The zero-order valence-electron chi connectivity index (χ0n) is 15.4. The molecule has 1 aliphatic rings.